The maximum atomic E-state index is 12.8. The first kappa shape index (κ1) is 15.4. The lowest BCUT2D eigenvalue weighted by atomic mass is 10.2. The predicted octanol–water partition coefficient (Wildman–Crippen LogP) is 4.22. The van der Waals surface area contributed by atoms with Crippen molar-refractivity contribution in [2.75, 3.05) is 5.43 Å². The van der Waals surface area contributed by atoms with Crippen LogP contribution in [0.3, 0.4) is 0 Å². The highest BCUT2D eigenvalue weighted by molar-refractivity contribution is 9.10. The topological polar surface area (TPSA) is 41.1 Å². The van der Waals surface area contributed by atoms with Crippen molar-refractivity contribution in [3.8, 4) is 0 Å². The molecule has 2 N–H and O–H groups in total. The molecule has 7 heteroatoms. The van der Waals surface area contributed by atoms with Crippen LogP contribution in [0.2, 0.25) is 0 Å². The van der Waals surface area contributed by atoms with Gasteiger partial charge in [0.2, 0.25) is 0 Å². The molecule has 0 saturated heterocycles. The summed E-state index contributed by atoms with van der Waals surface area (Å²) >= 11 is 3.23. The highest BCUT2D eigenvalue weighted by atomic mass is 79.9. The summed E-state index contributed by atoms with van der Waals surface area (Å²) in [5, 5.41) is 0. The van der Waals surface area contributed by atoms with Gasteiger partial charge in [-0.3, -0.25) is 15.6 Å². The van der Waals surface area contributed by atoms with E-state index in [1.54, 1.807) is 24.3 Å². The SMILES string of the molecule is O=C(NNc1ccccc1C(F)(F)F)c1ccc(Br)cc1. The highest BCUT2D eigenvalue weighted by Gasteiger charge is 2.33. The van der Waals surface area contributed by atoms with Gasteiger partial charge >= 0.3 is 6.18 Å². The first-order valence-electron chi connectivity index (χ1n) is 5.86. The van der Waals surface area contributed by atoms with Gasteiger partial charge in [0.25, 0.3) is 5.91 Å². The molecule has 0 radical (unpaired) electrons. The summed E-state index contributed by atoms with van der Waals surface area (Å²) in [7, 11) is 0. The van der Waals surface area contributed by atoms with Gasteiger partial charge in [-0.2, -0.15) is 13.2 Å². The summed E-state index contributed by atoms with van der Waals surface area (Å²) in [6.45, 7) is 0. The minimum atomic E-state index is -4.49. The molecular weight excluding hydrogens is 349 g/mol. The van der Waals surface area contributed by atoms with Gasteiger partial charge in [-0.15, -0.1) is 0 Å². The summed E-state index contributed by atoms with van der Waals surface area (Å²) in [6, 6.07) is 11.3. The fraction of sp³-hybridized carbons (Fsp3) is 0.0714. The number of carbonyl (C=O) groups excluding carboxylic acids is 1. The van der Waals surface area contributed by atoms with Crippen LogP contribution in [0.5, 0.6) is 0 Å². The van der Waals surface area contributed by atoms with Crippen LogP contribution < -0.4 is 10.9 Å². The van der Waals surface area contributed by atoms with Gasteiger partial charge in [0.05, 0.1) is 11.3 Å². The largest absolute Gasteiger partial charge is 0.418 e. The molecule has 0 aliphatic heterocycles. The molecule has 2 aromatic rings. The van der Waals surface area contributed by atoms with E-state index in [0.717, 1.165) is 10.5 Å². The van der Waals surface area contributed by atoms with E-state index in [2.05, 4.69) is 26.8 Å². The number of hydrogen-bond acceptors (Lipinski definition) is 2. The van der Waals surface area contributed by atoms with E-state index in [4.69, 9.17) is 0 Å². The molecule has 0 aliphatic carbocycles. The molecule has 1 amide bonds. The second-order valence-corrected chi connectivity index (χ2v) is 5.05. The van der Waals surface area contributed by atoms with Crippen molar-refractivity contribution < 1.29 is 18.0 Å². The number of amides is 1. The number of nitrogens with one attached hydrogen (secondary N) is 2. The smallest absolute Gasteiger partial charge is 0.298 e. The Bertz CT molecular complexity index is 641. The van der Waals surface area contributed by atoms with Crippen LogP contribution in [0, 0.1) is 0 Å². The van der Waals surface area contributed by atoms with Gasteiger partial charge in [0, 0.05) is 10.0 Å². The third kappa shape index (κ3) is 3.98. The first-order chi connectivity index (χ1) is 9.88. The van der Waals surface area contributed by atoms with Gasteiger partial charge in [0.15, 0.2) is 0 Å². The van der Waals surface area contributed by atoms with Crippen molar-refractivity contribution >= 4 is 27.5 Å². The maximum Gasteiger partial charge on any atom is 0.418 e. The van der Waals surface area contributed by atoms with Crippen molar-refractivity contribution in [3.63, 3.8) is 0 Å². The number of para-hydroxylation sites is 1. The van der Waals surface area contributed by atoms with Crippen molar-refractivity contribution in [2.24, 2.45) is 0 Å². The lowest BCUT2D eigenvalue weighted by molar-refractivity contribution is -0.137. The van der Waals surface area contributed by atoms with E-state index < -0.39 is 17.6 Å². The Morgan fingerprint density at radius 1 is 1.00 bits per heavy atom. The van der Waals surface area contributed by atoms with Crippen LogP contribution in [0.25, 0.3) is 0 Å². The number of hydrogen-bond donors (Lipinski definition) is 2. The van der Waals surface area contributed by atoms with Gasteiger partial charge in [-0.25, -0.2) is 0 Å². The van der Waals surface area contributed by atoms with Crippen molar-refractivity contribution in [2.45, 2.75) is 6.18 Å². The molecule has 0 aliphatic rings. The van der Waals surface area contributed by atoms with Gasteiger partial charge in [-0.05, 0) is 36.4 Å². The average molecular weight is 359 g/mol. The number of halogens is 4. The zero-order valence-corrected chi connectivity index (χ0v) is 12.1. The van der Waals surface area contributed by atoms with Crippen LogP contribution in [-0.2, 0) is 6.18 Å². The molecule has 110 valence electrons. The summed E-state index contributed by atoms with van der Waals surface area (Å²) in [5.41, 5.74) is 3.81. The number of hydrazine groups is 1. The molecule has 21 heavy (non-hydrogen) atoms. The fourth-order valence-corrected chi connectivity index (χ4v) is 1.90. The lowest BCUT2D eigenvalue weighted by Crippen LogP contribution is -2.30. The fourth-order valence-electron chi connectivity index (χ4n) is 1.64. The van der Waals surface area contributed by atoms with Gasteiger partial charge in [-0.1, -0.05) is 28.1 Å². The zero-order chi connectivity index (χ0) is 15.5. The number of carbonyl (C=O) groups is 1. The second kappa shape index (κ2) is 6.17. The third-order valence-electron chi connectivity index (χ3n) is 2.65. The maximum absolute atomic E-state index is 12.8. The molecule has 0 aromatic heterocycles. The van der Waals surface area contributed by atoms with Crippen LogP contribution in [0.1, 0.15) is 15.9 Å². The van der Waals surface area contributed by atoms with Crippen LogP contribution in [0.4, 0.5) is 18.9 Å². The van der Waals surface area contributed by atoms with E-state index in [9.17, 15) is 18.0 Å². The number of rotatable bonds is 3. The highest BCUT2D eigenvalue weighted by Crippen LogP contribution is 2.34. The van der Waals surface area contributed by atoms with Crippen molar-refractivity contribution in [1.29, 1.82) is 0 Å². The minimum Gasteiger partial charge on any atom is -0.298 e. The van der Waals surface area contributed by atoms with Crippen LogP contribution >= 0.6 is 15.9 Å². The molecule has 0 saturated carbocycles. The molecule has 2 rings (SSSR count). The molecule has 3 nitrogen and oxygen atoms in total. The third-order valence-corrected chi connectivity index (χ3v) is 3.18. The minimum absolute atomic E-state index is 0.213. The molecule has 0 fully saturated rings. The Labute approximate surface area is 127 Å². The normalized spacial score (nSPS) is 11.0. The zero-order valence-electron chi connectivity index (χ0n) is 10.5. The average Bonchev–Trinajstić information content (AvgIpc) is 2.45. The number of anilines is 1. The predicted molar refractivity (Wildman–Crippen MR) is 76.7 cm³/mol. The Hall–Kier alpha value is -2.02. The molecule has 2 aromatic carbocycles. The summed E-state index contributed by atoms with van der Waals surface area (Å²) in [5.74, 6) is -0.528. The van der Waals surface area contributed by atoms with Crippen molar-refractivity contribution in [3.05, 3.63) is 64.1 Å². The van der Waals surface area contributed by atoms with Gasteiger partial charge < -0.3 is 0 Å². The molecule has 0 heterocycles. The van der Waals surface area contributed by atoms with E-state index in [1.165, 1.54) is 18.2 Å². The Kier molecular flexibility index (Phi) is 4.52. The summed E-state index contributed by atoms with van der Waals surface area (Å²) < 4.78 is 39.1. The van der Waals surface area contributed by atoms with Crippen LogP contribution in [0.15, 0.2) is 53.0 Å². The Morgan fingerprint density at radius 2 is 1.62 bits per heavy atom. The molecule has 0 spiro atoms. The molecule has 0 atom stereocenters. The van der Waals surface area contributed by atoms with Crippen molar-refractivity contribution in [1.82, 2.24) is 5.43 Å². The molecular formula is C14H10BrF3N2O. The Balaban J connectivity index is 2.10. The van der Waals surface area contributed by atoms with Crippen LogP contribution in [-0.4, -0.2) is 5.91 Å². The van der Waals surface area contributed by atoms with E-state index in [0.29, 0.717) is 5.56 Å². The summed E-state index contributed by atoms with van der Waals surface area (Å²) in [6.07, 6.45) is -4.49. The second-order valence-electron chi connectivity index (χ2n) is 4.13. The molecule has 0 bridgehead atoms. The monoisotopic (exact) mass is 358 g/mol. The lowest BCUT2D eigenvalue weighted by Gasteiger charge is -2.14. The molecule has 0 unspecified atom stereocenters. The summed E-state index contributed by atoms with van der Waals surface area (Å²) in [4.78, 5) is 11.8. The quantitative estimate of drug-likeness (QED) is 0.806. The number of benzene rings is 2. The number of alkyl halides is 3. The van der Waals surface area contributed by atoms with Gasteiger partial charge in [0.1, 0.15) is 0 Å². The Morgan fingerprint density at radius 3 is 2.24 bits per heavy atom. The van der Waals surface area contributed by atoms with E-state index in [1.807, 2.05) is 0 Å². The van der Waals surface area contributed by atoms with E-state index in [-0.39, 0.29) is 5.69 Å². The first-order valence-corrected chi connectivity index (χ1v) is 6.65. The standard InChI is InChI=1S/C14H10BrF3N2O/c15-10-7-5-9(6-8-10)13(21)20-19-12-4-2-1-3-11(12)14(16,17)18/h1-8,19H,(H,20,21). The van der Waals surface area contributed by atoms with E-state index >= 15 is 0 Å².